The van der Waals surface area contributed by atoms with Crippen molar-refractivity contribution in [1.82, 2.24) is 15.3 Å². The van der Waals surface area contributed by atoms with Gasteiger partial charge >= 0.3 is 12.1 Å². The van der Waals surface area contributed by atoms with Gasteiger partial charge in [-0.1, -0.05) is 41.9 Å². The van der Waals surface area contributed by atoms with E-state index in [2.05, 4.69) is 15.3 Å². The number of piperidine rings is 1. The lowest BCUT2D eigenvalue weighted by Crippen LogP contribution is -2.41. The molecule has 0 aliphatic carbocycles. The first-order valence-corrected chi connectivity index (χ1v) is 13.3. The van der Waals surface area contributed by atoms with Crippen LogP contribution >= 0.6 is 11.6 Å². The summed E-state index contributed by atoms with van der Waals surface area (Å²) in [7, 11) is 0. The molecule has 3 aromatic rings. The van der Waals surface area contributed by atoms with Gasteiger partial charge in [0.2, 0.25) is 17.9 Å². The molecule has 40 heavy (non-hydrogen) atoms. The van der Waals surface area contributed by atoms with Crippen LogP contribution < -0.4 is 20.7 Å². The molecule has 0 amide bonds. The quantitative estimate of drug-likeness (QED) is 0.358. The molecule has 2 saturated heterocycles. The van der Waals surface area contributed by atoms with Gasteiger partial charge in [-0.2, -0.15) is 23.1 Å². The van der Waals surface area contributed by atoms with Gasteiger partial charge in [-0.3, -0.25) is 4.79 Å². The van der Waals surface area contributed by atoms with Crippen molar-refractivity contribution in [3.8, 4) is 17.0 Å². The third-order valence-electron chi connectivity index (χ3n) is 7.76. The minimum Gasteiger partial charge on any atom is -0.480 e. The number of nitrogens with one attached hydrogen (secondary N) is 1. The van der Waals surface area contributed by atoms with E-state index in [1.165, 1.54) is 18.2 Å². The summed E-state index contributed by atoms with van der Waals surface area (Å²) in [6.07, 6.45) is -5.01. The van der Waals surface area contributed by atoms with Gasteiger partial charge in [0.05, 0.1) is 0 Å². The monoisotopic (exact) mass is 575 g/mol. The van der Waals surface area contributed by atoms with Crippen molar-refractivity contribution in [2.75, 3.05) is 30.3 Å². The highest BCUT2D eigenvalue weighted by Crippen LogP contribution is 2.41. The Morgan fingerprint density at radius 1 is 1.18 bits per heavy atom. The smallest absolute Gasteiger partial charge is 0.429 e. The summed E-state index contributed by atoms with van der Waals surface area (Å²) >= 11 is 6.03. The molecule has 0 radical (unpaired) electrons. The van der Waals surface area contributed by atoms with Gasteiger partial charge in [0.1, 0.15) is 11.9 Å². The van der Waals surface area contributed by atoms with Crippen molar-refractivity contribution in [3.05, 3.63) is 64.7 Å². The van der Waals surface area contributed by atoms with Crippen LogP contribution in [0.15, 0.2) is 48.5 Å². The van der Waals surface area contributed by atoms with Crippen LogP contribution in [0, 0.1) is 12.3 Å². The van der Waals surface area contributed by atoms with E-state index in [1.54, 1.807) is 24.3 Å². The highest BCUT2D eigenvalue weighted by Gasteiger charge is 2.45. The SMILES string of the molecule is Cc1cc(Cl)ccc1-c1ccc([C@@H](Oc2cc(N3CCC4(CC3)CNC(C(=O)O)C4)nc(N)n2)C(F)(F)F)cc1. The van der Waals surface area contributed by atoms with Crippen molar-refractivity contribution in [3.63, 3.8) is 0 Å². The number of aryl methyl sites for hydroxylation is 1. The number of carboxylic acids is 1. The molecule has 212 valence electrons. The third-order valence-corrected chi connectivity index (χ3v) is 8.00. The van der Waals surface area contributed by atoms with Crippen LogP contribution in [-0.4, -0.2) is 52.9 Å². The predicted molar refractivity (Wildman–Crippen MR) is 145 cm³/mol. The zero-order valence-electron chi connectivity index (χ0n) is 21.7. The first kappa shape index (κ1) is 28.0. The summed E-state index contributed by atoms with van der Waals surface area (Å²) in [4.78, 5) is 21.4. The Hall–Kier alpha value is -3.57. The summed E-state index contributed by atoms with van der Waals surface area (Å²) in [5, 5.41) is 13.0. The van der Waals surface area contributed by atoms with Gasteiger partial charge in [-0.25, -0.2) is 0 Å². The van der Waals surface area contributed by atoms with Gasteiger partial charge in [0, 0.05) is 36.3 Å². The van der Waals surface area contributed by atoms with Crippen molar-refractivity contribution in [2.24, 2.45) is 5.41 Å². The molecule has 0 bridgehead atoms. The molecule has 4 N–H and O–H groups in total. The van der Waals surface area contributed by atoms with Crippen LogP contribution in [0.25, 0.3) is 11.1 Å². The molecule has 1 spiro atoms. The fourth-order valence-corrected chi connectivity index (χ4v) is 5.80. The van der Waals surface area contributed by atoms with Crippen LogP contribution in [0.4, 0.5) is 24.9 Å². The number of alkyl halides is 3. The van der Waals surface area contributed by atoms with Gasteiger partial charge in [0.25, 0.3) is 0 Å². The molecule has 5 rings (SSSR count). The number of nitrogen functional groups attached to an aromatic ring is 1. The standard InChI is InChI=1S/C28H29ClF3N5O3/c1-16-12-19(29)6-7-20(16)17-2-4-18(5-3-17)24(28(30,31)32)40-23-13-22(35-26(33)36-23)37-10-8-27(9-11-37)14-21(25(38)39)34-15-27/h2-7,12-13,21,24,34H,8-11,14-15H2,1H3,(H,38,39)(H2,33,35,36)/t21?,24-/m1/s1. The van der Waals surface area contributed by atoms with Crippen molar-refractivity contribution < 1.29 is 27.8 Å². The first-order valence-electron chi connectivity index (χ1n) is 12.9. The molecule has 2 aromatic carbocycles. The zero-order chi connectivity index (χ0) is 28.7. The molecule has 12 heteroatoms. The number of ether oxygens (including phenoxy) is 1. The van der Waals surface area contributed by atoms with Crippen LogP contribution in [0.3, 0.4) is 0 Å². The molecule has 1 aromatic heterocycles. The Labute approximate surface area is 234 Å². The maximum Gasteiger partial charge on any atom is 0.429 e. The highest BCUT2D eigenvalue weighted by atomic mass is 35.5. The van der Waals surface area contributed by atoms with Gasteiger partial charge in [-0.05, 0) is 60.4 Å². The lowest BCUT2D eigenvalue weighted by molar-refractivity contribution is -0.198. The summed E-state index contributed by atoms with van der Waals surface area (Å²) in [5.41, 5.74) is 8.18. The topological polar surface area (TPSA) is 114 Å². The molecular formula is C28H29ClF3N5O3. The number of anilines is 2. The summed E-state index contributed by atoms with van der Waals surface area (Å²) in [6.45, 7) is 3.60. The fraction of sp³-hybridized carbons (Fsp3) is 0.393. The Morgan fingerprint density at radius 3 is 2.48 bits per heavy atom. The second-order valence-corrected chi connectivity index (χ2v) is 10.9. The molecule has 2 aliphatic heterocycles. The van der Waals surface area contributed by atoms with E-state index in [-0.39, 0.29) is 22.8 Å². The molecule has 3 heterocycles. The van der Waals surface area contributed by atoms with E-state index in [4.69, 9.17) is 22.1 Å². The summed E-state index contributed by atoms with van der Waals surface area (Å²) < 4.78 is 47.9. The highest BCUT2D eigenvalue weighted by molar-refractivity contribution is 6.30. The number of aliphatic carboxylic acids is 1. The first-order chi connectivity index (χ1) is 18.9. The Balaban J connectivity index is 1.33. The van der Waals surface area contributed by atoms with Crippen LogP contribution in [0.1, 0.15) is 36.5 Å². The zero-order valence-corrected chi connectivity index (χ0v) is 22.5. The number of aromatic nitrogens is 2. The number of benzene rings is 2. The van der Waals surface area contributed by atoms with E-state index in [1.807, 2.05) is 17.9 Å². The van der Waals surface area contributed by atoms with Crippen molar-refractivity contribution in [1.29, 1.82) is 0 Å². The molecule has 2 atom stereocenters. The number of hydrogen-bond acceptors (Lipinski definition) is 7. The average Bonchev–Trinajstić information content (AvgIpc) is 3.31. The van der Waals surface area contributed by atoms with E-state index < -0.39 is 24.3 Å². The number of rotatable bonds is 6. The lowest BCUT2D eigenvalue weighted by Gasteiger charge is -2.39. The molecule has 2 fully saturated rings. The number of hydrogen-bond donors (Lipinski definition) is 3. The average molecular weight is 576 g/mol. The third kappa shape index (κ3) is 5.95. The second-order valence-electron chi connectivity index (χ2n) is 10.5. The molecular weight excluding hydrogens is 547 g/mol. The summed E-state index contributed by atoms with van der Waals surface area (Å²) in [5.74, 6) is -0.974. The Kier molecular flexibility index (Phi) is 7.54. The molecule has 0 saturated carbocycles. The van der Waals surface area contributed by atoms with E-state index >= 15 is 0 Å². The number of carboxylic acid groups (broad SMARTS) is 1. The van der Waals surface area contributed by atoms with Crippen molar-refractivity contribution >= 4 is 29.3 Å². The second kappa shape index (κ2) is 10.8. The normalized spacial score (nSPS) is 19.5. The number of nitrogens with two attached hydrogens (primary N) is 1. The number of halogens is 4. The van der Waals surface area contributed by atoms with Gasteiger partial charge in [0.15, 0.2) is 0 Å². The van der Waals surface area contributed by atoms with E-state index in [9.17, 15) is 23.1 Å². The maximum absolute atomic E-state index is 14.2. The number of carbonyl (C=O) groups is 1. The lowest BCUT2D eigenvalue weighted by atomic mass is 9.76. The minimum atomic E-state index is -4.72. The van der Waals surface area contributed by atoms with Gasteiger partial charge < -0.3 is 25.8 Å². The maximum atomic E-state index is 14.2. The summed E-state index contributed by atoms with van der Waals surface area (Å²) in [6, 6.07) is 12.2. The van der Waals surface area contributed by atoms with E-state index in [0.29, 0.717) is 49.7 Å². The van der Waals surface area contributed by atoms with Crippen LogP contribution in [0.5, 0.6) is 5.88 Å². The van der Waals surface area contributed by atoms with E-state index in [0.717, 1.165) is 16.7 Å². The predicted octanol–water partition coefficient (Wildman–Crippen LogP) is 5.40. The number of nitrogens with zero attached hydrogens (tertiary/aromatic N) is 3. The largest absolute Gasteiger partial charge is 0.480 e. The molecule has 1 unspecified atom stereocenters. The fourth-order valence-electron chi connectivity index (χ4n) is 5.57. The molecule has 2 aliphatic rings. The Morgan fingerprint density at radius 2 is 1.88 bits per heavy atom. The van der Waals surface area contributed by atoms with Gasteiger partial charge in [-0.15, -0.1) is 0 Å². The minimum absolute atomic E-state index is 0.0803. The van der Waals surface area contributed by atoms with Crippen molar-refractivity contribution in [2.45, 2.75) is 44.5 Å². The van der Waals surface area contributed by atoms with Crippen LogP contribution in [0.2, 0.25) is 5.02 Å². The molecule has 8 nitrogen and oxygen atoms in total. The Bertz CT molecular complexity index is 1390. The van der Waals surface area contributed by atoms with Crippen LogP contribution in [-0.2, 0) is 4.79 Å².